The standard InChI is InChI=1S/C18H23N3O5/c1-23-11-16-19-17(20-26-16)12-5-4-8-21(10-12)18(22)14-7-6-13(24-2)9-15(14)25-3/h6-7,9,12H,4-5,8,10-11H2,1-3H3. The summed E-state index contributed by atoms with van der Waals surface area (Å²) in [7, 11) is 4.70. The summed E-state index contributed by atoms with van der Waals surface area (Å²) < 4.78 is 20.7. The van der Waals surface area contributed by atoms with E-state index in [9.17, 15) is 4.79 Å². The highest BCUT2D eigenvalue weighted by Gasteiger charge is 2.29. The lowest BCUT2D eigenvalue weighted by atomic mass is 9.96. The first kappa shape index (κ1) is 18.2. The summed E-state index contributed by atoms with van der Waals surface area (Å²) in [6.07, 6.45) is 1.79. The van der Waals surface area contributed by atoms with E-state index in [4.69, 9.17) is 18.7 Å². The van der Waals surface area contributed by atoms with E-state index >= 15 is 0 Å². The Labute approximate surface area is 152 Å². The van der Waals surface area contributed by atoms with E-state index in [0.717, 1.165) is 12.8 Å². The highest BCUT2D eigenvalue weighted by atomic mass is 16.5. The van der Waals surface area contributed by atoms with Crippen LogP contribution in [-0.2, 0) is 11.3 Å². The molecule has 3 rings (SSSR count). The number of aromatic nitrogens is 2. The van der Waals surface area contributed by atoms with Gasteiger partial charge in [0.15, 0.2) is 5.82 Å². The average molecular weight is 361 g/mol. The van der Waals surface area contributed by atoms with Crippen molar-refractivity contribution in [2.24, 2.45) is 0 Å². The number of piperidine rings is 1. The summed E-state index contributed by atoms with van der Waals surface area (Å²) in [6.45, 7) is 1.51. The van der Waals surface area contributed by atoms with Gasteiger partial charge in [-0.15, -0.1) is 0 Å². The zero-order chi connectivity index (χ0) is 18.5. The number of nitrogens with zero attached hydrogens (tertiary/aromatic N) is 3. The molecule has 2 aromatic rings. The quantitative estimate of drug-likeness (QED) is 0.780. The second kappa shape index (κ2) is 8.18. The minimum atomic E-state index is -0.0742. The number of rotatable bonds is 6. The van der Waals surface area contributed by atoms with Gasteiger partial charge in [0.1, 0.15) is 18.1 Å². The van der Waals surface area contributed by atoms with Crippen molar-refractivity contribution in [3.05, 3.63) is 35.5 Å². The summed E-state index contributed by atoms with van der Waals surface area (Å²) in [4.78, 5) is 19.2. The van der Waals surface area contributed by atoms with Crippen molar-refractivity contribution in [2.75, 3.05) is 34.4 Å². The molecule has 2 heterocycles. The Morgan fingerprint density at radius 1 is 1.31 bits per heavy atom. The third-order valence-corrected chi connectivity index (χ3v) is 4.46. The molecule has 1 unspecified atom stereocenters. The maximum atomic E-state index is 13.0. The molecule has 0 N–H and O–H groups in total. The van der Waals surface area contributed by atoms with Crippen molar-refractivity contribution >= 4 is 5.91 Å². The molecule has 1 saturated heterocycles. The zero-order valence-corrected chi connectivity index (χ0v) is 15.2. The molecule has 0 aliphatic carbocycles. The predicted molar refractivity (Wildman–Crippen MR) is 92.4 cm³/mol. The molecule has 1 amide bonds. The van der Waals surface area contributed by atoms with Gasteiger partial charge in [0.2, 0.25) is 0 Å². The fourth-order valence-electron chi connectivity index (χ4n) is 3.13. The van der Waals surface area contributed by atoms with Gasteiger partial charge < -0.3 is 23.6 Å². The molecule has 8 nitrogen and oxygen atoms in total. The Morgan fingerprint density at radius 3 is 2.88 bits per heavy atom. The van der Waals surface area contributed by atoms with Crippen LogP contribution in [0.5, 0.6) is 11.5 Å². The number of likely N-dealkylation sites (tertiary alicyclic amines) is 1. The lowest BCUT2D eigenvalue weighted by Crippen LogP contribution is -2.39. The van der Waals surface area contributed by atoms with Gasteiger partial charge in [0, 0.05) is 32.2 Å². The summed E-state index contributed by atoms with van der Waals surface area (Å²) in [5.41, 5.74) is 0.516. The van der Waals surface area contributed by atoms with E-state index in [0.29, 0.717) is 41.9 Å². The van der Waals surface area contributed by atoms with Crippen LogP contribution in [0.3, 0.4) is 0 Å². The molecular weight excluding hydrogens is 338 g/mol. The molecule has 26 heavy (non-hydrogen) atoms. The fourth-order valence-corrected chi connectivity index (χ4v) is 3.13. The largest absolute Gasteiger partial charge is 0.497 e. The van der Waals surface area contributed by atoms with Gasteiger partial charge in [0.05, 0.1) is 19.8 Å². The Morgan fingerprint density at radius 2 is 2.15 bits per heavy atom. The Hall–Kier alpha value is -2.61. The van der Waals surface area contributed by atoms with Crippen molar-refractivity contribution in [1.29, 1.82) is 0 Å². The molecule has 0 saturated carbocycles. The number of methoxy groups -OCH3 is 3. The van der Waals surface area contributed by atoms with Gasteiger partial charge >= 0.3 is 0 Å². The number of ether oxygens (including phenoxy) is 3. The minimum Gasteiger partial charge on any atom is -0.497 e. The highest BCUT2D eigenvalue weighted by molar-refractivity contribution is 5.97. The van der Waals surface area contributed by atoms with Gasteiger partial charge in [-0.3, -0.25) is 4.79 Å². The predicted octanol–water partition coefficient (Wildman–Crippen LogP) is 2.25. The van der Waals surface area contributed by atoms with Gasteiger partial charge in [-0.25, -0.2) is 0 Å². The molecule has 140 valence electrons. The molecule has 1 aromatic heterocycles. The van der Waals surface area contributed by atoms with E-state index < -0.39 is 0 Å². The van der Waals surface area contributed by atoms with Crippen LogP contribution in [0.15, 0.2) is 22.7 Å². The molecule has 0 radical (unpaired) electrons. The van der Waals surface area contributed by atoms with Crippen LogP contribution in [0.1, 0.15) is 40.8 Å². The van der Waals surface area contributed by atoms with Gasteiger partial charge in [-0.05, 0) is 25.0 Å². The SMILES string of the molecule is COCc1nc(C2CCCN(C(=O)c3ccc(OC)cc3OC)C2)no1. The Bertz CT molecular complexity index is 761. The van der Waals surface area contributed by atoms with Crippen LogP contribution in [0.25, 0.3) is 0 Å². The molecule has 1 aliphatic heterocycles. The first-order chi connectivity index (χ1) is 12.7. The number of amides is 1. The average Bonchev–Trinajstić information content (AvgIpc) is 3.16. The lowest BCUT2D eigenvalue weighted by Gasteiger charge is -2.31. The smallest absolute Gasteiger partial charge is 0.257 e. The van der Waals surface area contributed by atoms with Crippen LogP contribution < -0.4 is 9.47 Å². The van der Waals surface area contributed by atoms with Crippen LogP contribution in [0.2, 0.25) is 0 Å². The number of hydrogen-bond acceptors (Lipinski definition) is 7. The van der Waals surface area contributed by atoms with Crippen molar-refractivity contribution < 1.29 is 23.5 Å². The summed E-state index contributed by atoms with van der Waals surface area (Å²) >= 11 is 0. The Kier molecular flexibility index (Phi) is 5.72. The van der Waals surface area contributed by atoms with Crippen LogP contribution in [0, 0.1) is 0 Å². The molecule has 0 bridgehead atoms. The van der Waals surface area contributed by atoms with Crippen LogP contribution in [-0.4, -0.2) is 55.4 Å². The number of hydrogen-bond donors (Lipinski definition) is 0. The zero-order valence-electron chi connectivity index (χ0n) is 15.2. The van der Waals surface area contributed by atoms with E-state index in [1.807, 2.05) is 4.90 Å². The van der Waals surface area contributed by atoms with Gasteiger partial charge in [-0.2, -0.15) is 4.98 Å². The number of carbonyl (C=O) groups is 1. The number of carbonyl (C=O) groups excluding carboxylic acids is 1. The van der Waals surface area contributed by atoms with E-state index in [2.05, 4.69) is 10.1 Å². The van der Waals surface area contributed by atoms with E-state index in [-0.39, 0.29) is 18.4 Å². The van der Waals surface area contributed by atoms with Crippen LogP contribution >= 0.6 is 0 Å². The van der Waals surface area contributed by atoms with Gasteiger partial charge in [0.25, 0.3) is 11.8 Å². The Balaban J connectivity index is 1.75. The second-order valence-electron chi connectivity index (χ2n) is 6.14. The first-order valence-electron chi connectivity index (χ1n) is 8.49. The maximum absolute atomic E-state index is 13.0. The van der Waals surface area contributed by atoms with Crippen molar-refractivity contribution in [3.8, 4) is 11.5 Å². The molecule has 1 fully saturated rings. The minimum absolute atomic E-state index is 0.0475. The normalized spacial score (nSPS) is 17.2. The van der Waals surface area contributed by atoms with Gasteiger partial charge in [-0.1, -0.05) is 5.16 Å². The third kappa shape index (κ3) is 3.80. The monoisotopic (exact) mass is 361 g/mol. The molecule has 1 aromatic carbocycles. The van der Waals surface area contributed by atoms with E-state index in [1.165, 1.54) is 0 Å². The maximum Gasteiger partial charge on any atom is 0.257 e. The molecule has 8 heteroatoms. The first-order valence-corrected chi connectivity index (χ1v) is 8.49. The van der Waals surface area contributed by atoms with Crippen molar-refractivity contribution in [2.45, 2.75) is 25.4 Å². The molecule has 1 aliphatic rings. The molecule has 1 atom stereocenters. The molecular formula is C18H23N3O5. The summed E-state index contributed by atoms with van der Waals surface area (Å²) in [6, 6.07) is 5.20. The third-order valence-electron chi connectivity index (χ3n) is 4.46. The van der Waals surface area contributed by atoms with E-state index in [1.54, 1.807) is 39.5 Å². The summed E-state index contributed by atoms with van der Waals surface area (Å²) in [5.74, 6) is 2.19. The fraction of sp³-hybridized carbons (Fsp3) is 0.500. The van der Waals surface area contributed by atoms with Crippen molar-refractivity contribution in [1.82, 2.24) is 15.0 Å². The molecule has 0 spiro atoms. The topological polar surface area (TPSA) is 86.9 Å². The second-order valence-corrected chi connectivity index (χ2v) is 6.14. The van der Waals surface area contributed by atoms with Crippen molar-refractivity contribution in [3.63, 3.8) is 0 Å². The number of benzene rings is 1. The lowest BCUT2D eigenvalue weighted by molar-refractivity contribution is 0.0700. The summed E-state index contributed by atoms with van der Waals surface area (Å²) in [5, 5.41) is 4.04. The highest BCUT2D eigenvalue weighted by Crippen LogP contribution is 2.30. The van der Waals surface area contributed by atoms with Crippen LogP contribution in [0.4, 0.5) is 0 Å².